The number of hydrogen-bond acceptors (Lipinski definition) is 4. The molecule has 0 radical (unpaired) electrons. The van der Waals surface area contributed by atoms with E-state index >= 15 is 0 Å². The summed E-state index contributed by atoms with van der Waals surface area (Å²) in [5.74, 6) is 2.58. The molecule has 1 saturated heterocycles. The predicted molar refractivity (Wildman–Crippen MR) is 105 cm³/mol. The maximum Gasteiger partial charge on any atom is 0.182 e. The summed E-state index contributed by atoms with van der Waals surface area (Å²) in [4.78, 5) is 11.6. The van der Waals surface area contributed by atoms with Gasteiger partial charge in [0, 0.05) is 46.3 Å². The number of aromatic nitrogens is 1. The molecule has 0 amide bonds. The SMILES string of the molecule is COc1ccc(/C=C/n2c(C)cc(=O)cc2C)cc1O[C@H]1CC[S@](=O)C1. The Labute approximate surface area is 155 Å². The van der Waals surface area contributed by atoms with Crippen LogP contribution in [0.5, 0.6) is 11.5 Å². The third-order valence-electron chi connectivity index (χ3n) is 4.40. The van der Waals surface area contributed by atoms with Crippen molar-refractivity contribution in [3.05, 3.63) is 57.5 Å². The van der Waals surface area contributed by atoms with Gasteiger partial charge in [-0.25, -0.2) is 0 Å². The highest BCUT2D eigenvalue weighted by molar-refractivity contribution is 7.85. The summed E-state index contributed by atoms with van der Waals surface area (Å²) in [6.07, 6.45) is 4.66. The molecule has 1 aromatic heterocycles. The first kappa shape index (κ1) is 18.5. The number of rotatable bonds is 5. The summed E-state index contributed by atoms with van der Waals surface area (Å²) < 4.78 is 25.0. The van der Waals surface area contributed by atoms with Crippen LogP contribution < -0.4 is 14.9 Å². The van der Waals surface area contributed by atoms with E-state index < -0.39 is 10.8 Å². The van der Waals surface area contributed by atoms with Crippen LogP contribution >= 0.6 is 0 Å². The van der Waals surface area contributed by atoms with Crippen LogP contribution in [0.25, 0.3) is 12.3 Å². The maximum atomic E-state index is 11.6. The first-order chi connectivity index (χ1) is 12.5. The lowest BCUT2D eigenvalue weighted by Crippen LogP contribution is -2.16. The third kappa shape index (κ3) is 4.25. The number of nitrogens with zero attached hydrogens (tertiary/aromatic N) is 1. The van der Waals surface area contributed by atoms with E-state index in [1.54, 1.807) is 19.2 Å². The quantitative estimate of drug-likeness (QED) is 0.808. The van der Waals surface area contributed by atoms with Crippen molar-refractivity contribution in [3.63, 3.8) is 0 Å². The summed E-state index contributed by atoms with van der Waals surface area (Å²) in [5, 5.41) is 0. The van der Waals surface area contributed by atoms with Gasteiger partial charge in [-0.05, 0) is 44.0 Å². The molecule has 0 spiro atoms. The van der Waals surface area contributed by atoms with Crippen molar-refractivity contribution >= 4 is 23.1 Å². The summed E-state index contributed by atoms with van der Waals surface area (Å²) in [6.45, 7) is 3.81. The van der Waals surface area contributed by atoms with Crippen LogP contribution in [0.3, 0.4) is 0 Å². The Morgan fingerprint density at radius 3 is 2.50 bits per heavy atom. The van der Waals surface area contributed by atoms with Crippen LogP contribution in [0, 0.1) is 13.8 Å². The highest BCUT2D eigenvalue weighted by atomic mass is 32.2. The number of methoxy groups -OCH3 is 1. The average Bonchev–Trinajstić information content (AvgIpc) is 2.99. The second-order valence-electron chi connectivity index (χ2n) is 6.41. The number of benzene rings is 1. The van der Waals surface area contributed by atoms with Gasteiger partial charge in [-0.15, -0.1) is 0 Å². The monoisotopic (exact) mass is 373 g/mol. The van der Waals surface area contributed by atoms with E-state index in [9.17, 15) is 9.00 Å². The Morgan fingerprint density at radius 2 is 1.88 bits per heavy atom. The molecule has 2 heterocycles. The summed E-state index contributed by atoms with van der Waals surface area (Å²) in [7, 11) is 0.824. The highest BCUT2D eigenvalue weighted by Crippen LogP contribution is 2.31. The van der Waals surface area contributed by atoms with Gasteiger partial charge in [-0.2, -0.15) is 0 Å². The molecule has 1 aromatic carbocycles. The molecule has 26 heavy (non-hydrogen) atoms. The highest BCUT2D eigenvalue weighted by Gasteiger charge is 2.23. The lowest BCUT2D eigenvalue weighted by Gasteiger charge is -2.16. The molecule has 0 unspecified atom stereocenters. The second kappa shape index (κ2) is 7.91. The summed E-state index contributed by atoms with van der Waals surface area (Å²) in [5.41, 5.74) is 2.73. The first-order valence-electron chi connectivity index (χ1n) is 8.54. The van der Waals surface area contributed by atoms with Crippen LogP contribution in [0.15, 0.2) is 35.1 Å². The van der Waals surface area contributed by atoms with E-state index in [1.165, 1.54) is 0 Å². The molecule has 6 heteroatoms. The molecule has 1 fully saturated rings. The molecule has 0 bridgehead atoms. The molecule has 1 aliphatic heterocycles. The number of hydrogen-bond donors (Lipinski definition) is 0. The zero-order valence-electron chi connectivity index (χ0n) is 15.2. The van der Waals surface area contributed by atoms with Crippen LogP contribution in [-0.2, 0) is 10.8 Å². The van der Waals surface area contributed by atoms with E-state index in [0.29, 0.717) is 23.0 Å². The van der Waals surface area contributed by atoms with Gasteiger partial charge in [0.2, 0.25) is 0 Å². The zero-order chi connectivity index (χ0) is 18.7. The summed E-state index contributed by atoms with van der Waals surface area (Å²) in [6, 6.07) is 8.96. The van der Waals surface area contributed by atoms with E-state index in [4.69, 9.17) is 9.47 Å². The number of aryl methyl sites for hydroxylation is 2. The Morgan fingerprint density at radius 1 is 1.15 bits per heavy atom. The maximum absolute atomic E-state index is 11.6. The van der Waals surface area contributed by atoms with Crippen molar-refractivity contribution in [2.45, 2.75) is 26.4 Å². The third-order valence-corrected chi connectivity index (χ3v) is 5.83. The summed E-state index contributed by atoms with van der Waals surface area (Å²) >= 11 is 0. The van der Waals surface area contributed by atoms with Crippen molar-refractivity contribution in [3.8, 4) is 11.5 Å². The number of ether oxygens (including phenoxy) is 2. The van der Waals surface area contributed by atoms with Gasteiger partial charge < -0.3 is 14.0 Å². The van der Waals surface area contributed by atoms with E-state index in [1.807, 2.05) is 48.9 Å². The van der Waals surface area contributed by atoms with Crippen molar-refractivity contribution in [1.82, 2.24) is 4.57 Å². The molecule has 0 saturated carbocycles. The van der Waals surface area contributed by atoms with Crippen LogP contribution in [0.2, 0.25) is 0 Å². The molecule has 2 atom stereocenters. The molecule has 0 N–H and O–H groups in total. The van der Waals surface area contributed by atoms with Crippen molar-refractivity contribution < 1.29 is 13.7 Å². The minimum absolute atomic E-state index is 0.0127. The zero-order valence-corrected chi connectivity index (χ0v) is 16.0. The predicted octanol–water partition coefficient (Wildman–Crippen LogP) is 3.00. The standard InChI is InChI=1S/C20H23NO4S/c1-14-10-17(22)11-15(2)21(14)8-6-16-4-5-19(24-3)20(12-16)25-18-7-9-26(23)13-18/h4-6,8,10-12,18H,7,9,13H2,1-3H3/b8-6+/t18-,26-/m0/s1. The lowest BCUT2D eigenvalue weighted by molar-refractivity contribution is 0.218. The van der Waals surface area contributed by atoms with Gasteiger partial charge in [-0.3, -0.25) is 9.00 Å². The van der Waals surface area contributed by atoms with Gasteiger partial charge in [0.1, 0.15) is 6.10 Å². The minimum Gasteiger partial charge on any atom is -0.493 e. The topological polar surface area (TPSA) is 57.5 Å². The normalized spacial score (nSPS) is 19.8. The fourth-order valence-electron chi connectivity index (χ4n) is 3.06. The Kier molecular flexibility index (Phi) is 5.61. The Bertz CT molecular complexity index is 890. The van der Waals surface area contributed by atoms with Gasteiger partial charge >= 0.3 is 0 Å². The molecule has 5 nitrogen and oxygen atoms in total. The minimum atomic E-state index is -0.785. The first-order valence-corrected chi connectivity index (χ1v) is 10.0. The molecule has 3 rings (SSSR count). The van der Waals surface area contributed by atoms with Gasteiger partial charge in [0.25, 0.3) is 0 Å². The van der Waals surface area contributed by atoms with E-state index in [2.05, 4.69) is 0 Å². The molecule has 0 aliphatic carbocycles. The second-order valence-corrected chi connectivity index (χ2v) is 8.03. The van der Waals surface area contributed by atoms with E-state index in [-0.39, 0.29) is 11.5 Å². The average molecular weight is 373 g/mol. The van der Waals surface area contributed by atoms with Crippen molar-refractivity contribution in [1.29, 1.82) is 0 Å². The van der Waals surface area contributed by atoms with Crippen LogP contribution in [0.1, 0.15) is 23.4 Å². The lowest BCUT2D eigenvalue weighted by atomic mass is 10.2. The number of pyridine rings is 1. The fourth-order valence-corrected chi connectivity index (χ4v) is 4.41. The molecular weight excluding hydrogens is 350 g/mol. The van der Waals surface area contributed by atoms with Gasteiger partial charge in [0.05, 0.1) is 12.9 Å². The van der Waals surface area contributed by atoms with Crippen LogP contribution in [-0.4, -0.2) is 33.5 Å². The smallest absolute Gasteiger partial charge is 0.182 e. The molecular formula is C20H23NO4S. The van der Waals surface area contributed by atoms with Crippen LogP contribution in [0.4, 0.5) is 0 Å². The molecule has 2 aromatic rings. The Balaban J connectivity index is 1.85. The van der Waals surface area contributed by atoms with Gasteiger partial charge in [-0.1, -0.05) is 6.07 Å². The molecule has 138 valence electrons. The largest absolute Gasteiger partial charge is 0.493 e. The van der Waals surface area contributed by atoms with E-state index in [0.717, 1.165) is 23.4 Å². The van der Waals surface area contributed by atoms with Gasteiger partial charge in [0.15, 0.2) is 16.9 Å². The Hall–Kier alpha value is -2.34. The fraction of sp³-hybridized carbons (Fsp3) is 0.350. The van der Waals surface area contributed by atoms with Crippen molar-refractivity contribution in [2.75, 3.05) is 18.6 Å². The molecule has 1 aliphatic rings. The van der Waals surface area contributed by atoms with Crippen molar-refractivity contribution in [2.24, 2.45) is 0 Å².